The number of hydrogen-bond donors (Lipinski definition) is 2. The Bertz CT molecular complexity index is 734. The monoisotopic (exact) mass is 350 g/mol. The van der Waals surface area contributed by atoms with Crippen LogP contribution in [0.15, 0.2) is 35.1 Å². The molecule has 6 nitrogen and oxygen atoms in total. The smallest absolute Gasteiger partial charge is 0.272 e. The van der Waals surface area contributed by atoms with Gasteiger partial charge in [-0.1, -0.05) is 37.6 Å². The fourth-order valence-corrected chi connectivity index (χ4v) is 2.68. The fourth-order valence-electron chi connectivity index (χ4n) is 2.46. The van der Waals surface area contributed by atoms with Gasteiger partial charge in [-0.15, -0.1) is 0 Å². The Kier molecular flexibility index (Phi) is 6.63. The zero-order valence-corrected chi connectivity index (χ0v) is 14.8. The normalized spacial score (nSPS) is 11.0. The molecule has 0 atom stereocenters. The van der Waals surface area contributed by atoms with E-state index in [1.807, 2.05) is 0 Å². The van der Waals surface area contributed by atoms with Gasteiger partial charge in [-0.05, 0) is 38.2 Å². The summed E-state index contributed by atoms with van der Waals surface area (Å²) < 4.78 is 1.27. The van der Waals surface area contributed by atoms with Crippen LogP contribution in [-0.2, 0) is 0 Å². The molecule has 0 bridgehead atoms. The minimum Gasteiger partial charge on any atom is -0.351 e. The maximum atomic E-state index is 12.2. The number of rotatable bonds is 8. The lowest BCUT2D eigenvalue weighted by molar-refractivity contribution is 0.0946. The number of hydrogen-bond acceptors (Lipinski definition) is 3. The van der Waals surface area contributed by atoms with E-state index in [9.17, 15) is 9.59 Å². The summed E-state index contributed by atoms with van der Waals surface area (Å²) in [4.78, 5) is 26.5. The summed E-state index contributed by atoms with van der Waals surface area (Å²) in [5.74, 6) is -0.294. The van der Waals surface area contributed by atoms with Crippen molar-refractivity contribution in [1.82, 2.24) is 20.0 Å². The minimum atomic E-state index is -0.323. The number of aromatic nitrogens is 2. The van der Waals surface area contributed by atoms with Crippen LogP contribution in [0.5, 0.6) is 0 Å². The molecule has 0 unspecified atom stereocenters. The summed E-state index contributed by atoms with van der Waals surface area (Å²) in [6, 6.07) is 8.25. The Hall–Kier alpha value is -2.05. The molecule has 1 heterocycles. The van der Waals surface area contributed by atoms with Crippen molar-refractivity contribution in [2.75, 3.05) is 26.2 Å². The number of carbonyl (C=O) groups excluding carboxylic acids is 1. The molecule has 0 aliphatic heterocycles. The van der Waals surface area contributed by atoms with Gasteiger partial charge in [-0.3, -0.25) is 14.7 Å². The maximum Gasteiger partial charge on any atom is 0.272 e. The van der Waals surface area contributed by atoms with Crippen molar-refractivity contribution in [3.63, 3.8) is 0 Å². The lowest BCUT2D eigenvalue weighted by atomic mass is 10.3. The molecule has 2 rings (SSSR count). The lowest BCUT2D eigenvalue weighted by Crippen LogP contribution is -2.30. The second kappa shape index (κ2) is 8.70. The molecule has 0 radical (unpaired) electrons. The minimum absolute atomic E-state index is 0.225. The first-order valence-electron chi connectivity index (χ1n) is 8.14. The molecule has 0 fully saturated rings. The van der Waals surface area contributed by atoms with Gasteiger partial charge in [0.15, 0.2) is 0 Å². The fraction of sp³-hybridized carbons (Fsp3) is 0.412. The number of aromatic amines is 1. The highest BCUT2D eigenvalue weighted by molar-refractivity contribution is 6.32. The Labute approximate surface area is 146 Å². The van der Waals surface area contributed by atoms with Crippen molar-refractivity contribution >= 4 is 17.5 Å². The van der Waals surface area contributed by atoms with E-state index in [1.165, 1.54) is 10.7 Å². The molecule has 1 aromatic heterocycles. The standard InChI is InChI=1S/C17H23ClN4O2/c1-3-21(4-2)11-7-10-19-17(24)14-12-16(23)22(20-14)15-9-6-5-8-13(15)18/h5-6,8-9,12,20H,3-4,7,10-11H2,1-2H3,(H,19,24). The van der Waals surface area contributed by atoms with Gasteiger partial charge in [-0.25, -0.2) is 4.68 Å². The predicted octanol–water partition coefficient (Wildman–Crippen LogP) is 2.28. The van der Waals surface area contributed by atoms with E-state index in [1.54, 1.807) is 24.3 Å². The van der Waals surface area contributed by atoms with Gasteiger partial charge in [-0.2, -0.15) is 0 Å². The van der Waals surface area contributed by atoms with Gasteiger partial charge in [0.1, 0.15) is 5.69 Å². The van der Waals surface area contributed by atoms with Gasteiger partial charge in [0.2, 0.25) is 0 Å². The zero-order chi connectivity index (χ0) is 17.5. The molecule has 0 aliphatic rings. The van der Waals surface area contributed by atoms with E-state index in [2.05, 4.69) is 29.2 Å². The van der Waals surface area contributed by atoms with Crippen LogP contribution < -0.4 is 10.9 Å². The van der Waals surface area contributed by atoms with Crippen LogP contribution >= 0.6 is 11.6 Å². The van der Waals surface area contributed by atoms with Crippen molar-refractivity contribution in [3.8, 4) is 5.69 Å². The molecule has 2 aromatic rings. The molecule has 24 heavy (non-hydrogen) atoms. The van der Waals surface area contributed by atoms with Crippen molar-refractivity contribution in [2.45, 2.75) is 20.3 Å². The highest BCUT2D eigenvalue weighted by Crippen LogP contribution is 2.17. The van der Waals surface area contributed by atoms with E-state index in [4.69, 9.17) is 11.6 Å². The van der Waals surface area contributed by atoms with Gasteiger partial charge < -0.3 is 10.2 Å². The Balaban J connectivity index is 1.98. The molecule has 1 amide bonds. The summed E-state index contributed by atoms with van der Waals surface area (Å²) in [5.41, 5.74) is 0.420. The van der Waals surface area contributed by atoms with E-state index in [0.717, 1.165) is 26.1 Å². The van der Waals surface area contributed by atoms with Crippen molar-refractivity contribution < 1.29 is 4.79 Å². The number of nitrogens with one attached hydrogen (secondary N) is 2. The molecular formula is C17H23ClN4O2. The van der Waals surface area contributed by atoms with Crippen LogP contribution in [-0.4, -0.2) is 46.8 Å². The highest BCUT2D eigenvalue weighted by Gasteiger charge is 2.13. The van der Waals surface area contributed by atoms with Gasteiger partial charge in [0.05, 0.1) is 10.7 Å². The number of halogens is 1. The topological polar surface area (TPSA) is 70.1 Å². The van der Waals surface area contributed by atoms with E-state index >= 15 is 0 Å². The second-order valence-corrected chi connectivity index (χ2v) is 5.84. The van der Waals surface area contributed by atoms with Gasteiger partial charge >= 0.3 is 0 Å². The molecular weight excluding hydrogens is 328 g/mol. The number of nitrogens with zero attached hydrogens (tertiary/aromatic N) is 2. The summed E-state index contributed by atoms with van der Waals surface area (Å²) in [5, 5.41) is 6.07. The van der Waals surface area contributed by atoms with Crippen molar-refractivity contribution in [2.24, 2.45) is 0 Å². The number of para-hydroxylation sites is 1. The third kappa shape index (κ3) is 4.49. The molecule has 2 N–H and O–H groups in total. The number of carbonyl (C=O) groups is 1. The highest BCUT2D eigenvalue weighted by atomic mass is 35.5. The first-order valence-corrected chi connectivity index (χ1v) is 8.52. The summed E-state index contributed by atoms with van der Waals surface area (Å²) in [7, 11) is 0. The van der Waals surface area contributed by atoms with Crippen LogP contribution in [0.2, 0.25) is 5.02 Å². The predicted molar refractivity (Wildman–Crippen MR) is 96.1 cm³/mol. The Morgan fingerprint density at radius 3 is 2.67 bits per heavy atom. The molecule has 0 spiro atoms. The molecule has 0 saturated carbocycles. The van der Waals surface area contributed by atoms with Crippen molar-refractivity contribution in [3.05, 3.63) is 51.4 Å². The van der Waals surface area contributed by atoms with E-state index in [-0.39, 0.29) is 17.2 Å². The largest absolute Gasteiger partial charge is 0.351 e. The van der Waals surface area contributed by atoms with Crippen LogP contribution in [0, 0.1) is 0 Å². The molecule has 1 aromatic carbocycles. The average molecular weight is 351 g/mol. The number of amides is 1. The van der Waals surface area contributed by atoms with Crippen LogP contribution in [0.1, 0.15) is 30.8 Å². The molecule has 0 saturated heterocycles. The van der Waals surface area contributed by atoms with Gasteiger partial charge in [0, 0.05) is 12.6 Å². The molecule has 130 valence electrons. The first-order chi connectivity index (χ1) is 11.6. The van der Waals surface area contributed by atoms with E-state index < -0.39 is 0 Å². The summed E-state index contributed by atoms with van der Waals surface area (Å²) in [6.45, 7) is 7.73. The van der Waals surface area contributed by atoms with Crippen molar-refractivity contribution in [1.29, 1.82) is 0 Å². The third-order valence-electron chi connectivity index (χ3n) is 3.89. The van der Waals surface area contributed by atoms with Crippen LogP contribution in [0.3, 0.4) is 0 Å². The number of H-pyrrole nitrogens is 1. The molecule has 0 aliphatic carbocycles. The Morgan fingerprint density at radius 1 is 1.29 bits per heavy atom. The number of benzene rings is 1. The first kappa shape index (κ1) is 18.3. The quantitative estimate of drug-likeness (QED) is 0.717. The second-order valence-electron chi connectivity index (χ2n) is 5.43. The zero-order valence-electron chi connectivity index (χ0n) is 14.0. The summed E-state index contributed by atoms with van der Waals surface area (Å²) in [6.07, 6.45) is 0.864. The summed E-state index contributed by atoms with van der Waals surface area (Å²) >= 11 is 6.09. The average Bonchev–Trinajstić information content (AvgIpc) is 2.97. The SMILES string of the molecule is CCN(CC)CCCNC(=O)c1cc(=O)n(-c2ccccc2Cl)[nH]1. The van der Waals surface area contributed by atoms with Crippen LogP contribution in [0.25, 0.3) is 5.69 Å². The third-order valence-corrected chi connectivity index (χ3v) is 4.21. The van der Waals surface area contributed by atoms with E-state index in [0.29, 0.717) is 17.3 Å². The van der Waals surface area contributed by atoms with Gasteiger partial charge in [0.25, 0.3) is 11.5 Å². The van der Waals surface area contributed by atoms with Crippen LogP contribution in [0.4, 0.5) is 0 Å². The maximum absolute atomic E-state index is 12.2. The Morgan fingerprint density at radius 2 is 2.00 bits per heavy atom. The molecule has 7 heteroatoms. The lowest BCUT2D eigenvalue weighted by Gasteiger charge is -2.17.